The average Bonchev–Trinajstić information content (AvgIpc) is 2.72. The van der Waals surface area contributed by atoms with Gasteiger partial charge in [-0.15, -0.1) is 0 Å². The molecule has 0 fully saturated rings. The van der Waals surface area contributed by atoms with Crippen LogP contribution in [0.5, 0.6) is 0 Å². The molecule has 2 unspecified atom stereocenters. The predicted octanol–water partition coefficient (Wildman–Crippen LogP) is 0.972. The third kappa shape index (κ3) is 4.19. The Morgan fingerprint density at radius 1 is 1.65 bits per heavy atom. The molecular weight excluding hydrogens is 216 g/mol. The first-order valence-electron chi connectivity index (χ1n) is 6.04. The average molecular weight is 238 g/mol. The van der Waals surface area contributed by atoms with Gasteiger partial charge >= 0.3 is 0 Å². The van der Waals surface area contributed by atoms with Crippen LogP contribution in [0.15, 0.2) is 12.4 Å². The van der Waals surface area contributed by atoms with E-state index in [1.54, 1.807) is 10.9 Å². The molecule has 2 atom stereocenters. The zero-order valence-electron chi connectivity index (χ0n) is 10.8. The maximum atomic E-state index is 11.8. The van der Waals surface area contributed by atoms with E-state index in [4.69, 9.17) is 5.73 Å². The second kappa shape index (κ2) is 6.39. The quantitative estimate of drug-likeness (QED) is 0.775. The van der Waals surface area contributed by atoms with Gasteiger partial charge in [-0.1, -0.05) is 13.3 Å². The van der Waals surface area contributed by atoms with Crippen LogP contribution in [0, 0.1) is 5.92 Å². The molecule has 96 valence electrons. The summed E-state index contributed by atoms with van der Waals surface area (Å²) in [4.78, 5) is 11.8. The van der Waals surface area contributed by atoms with E-state index in [1.807, 2.05) is 20.2 Å². The highest BCUT2D eigenvalue weighted by atomic mass is 16.1. The number of nitrogens with two attached hydrogens (primary N) is 1. The Labute approximate surface area is 102 Å². The van der Waals surface area contributed by atoms with Gasteiger partial charge < -0.3 is 11.1 Å². The molecule has 0 bridgehead atoms. The third-order valence-corrected chi connectivity index (χ3v) is 2.99. The van der Waals surface area contributed by atoms with E-state index in [9.17, 15) is 4.79 Å². The van der Waals surface area contributed by atoms with E-state index < -0.39 is 0 Å². The minimum atomic E-state index is -0.00789. The van der Waals surface area contributed by atoms with E-state index in [1.165, 1.54) is 0 Å². The lowest BCUT2D eigenvalue weighted by atomic mass is 10.0. The summed E-state index contributed by atoms with van der Waals surface area (Å²) < 4.78 is 1.73. The maximum Gasteiger partial charge on any atom is 0.220 e. The van der Waals surface area contributed by atoms with Crippen molar-refractivity contribution in [3.63, 3.8) is 0 Å². The number of amides is 1. The number of aryl methyl sites for hydroxylation is 1. The van der Waals surface area contributed by atoms with Crippen LogP contribution in [-0.2, 0) is 11.8 Å². The Hall–Kier alpha value is -1.36. The fraction of sp³-hybridized carbons (Fsp3) is 0.667. The Bertz CT molecular complexity index is 357. The first kappa shape index (κ1) is 13.7. The van der Waals surface area contributed by atoms with Gasteiger partial charge in [-0.3, -0.25) is 9.48 Å². The van der Waals surface area contributed by atoms with Gasteiger partial charge in [0.25, 0.3) is 0 Å². The Kier molecular flexibility index (Phi) is 5.15. The number of hydrogen-bond acceptors (Lipinski definition) is 3. The summed E-state index contributed by atoms with van der Waals surface area (Å²) in [5, 5.41) is 7.04. The van der Waals surface area contributed by atoms with Crippen molar-refractivity contribution < 1.29 is 4.79 Å². The highest BCUT2D eigenvalue weighted by molar-refractivity contribution is 5.76. The molecule has 0 spiro atoms. The van der Waals surface area contributed by atoms with Gasteiger partial charge in [-0.25, -0.2) is 0 Å². The van der Waals surface area contributed by atoms with Crippen molar-refractivity contribution in [2.75, 3.05) is 6.54 Å². The largest absolute Gasteiger partial charge is 0.349 e. The van der Waals surface area contributed by atoms with Gasteiger partial charge in [0, 0.05) is 25.2 Å². The number of nitrogens with one attached hydrogen (secondary N) is 1. The minimum absolute atomic E-state index is 0.00789. The SMILES string of the molecule is CCC(CN)CC(=O)NC(C)c1cnn(C)c1. The molecule has 0 saturated heterocycles. The summed E-state index contributed by atoms with van der Waals surface area (Å²) in [6.07, 6.45) is 5.11. The molecule has 0 aliphatic carbocycles. The van der Waals surface area contributed by atoms with E-state index in [0.29, 0.717) is 13.0 Å². The van der Waals surface area contributed by atoms with Crippen molar-refractivity contribution in [1.82, 2.24) is 15.1 Å². The maximum absolute atomic E-state index is 11.8. The molecule has 17 heavy (non-hydrogen) atoms. The Morgan fingerprint density at radius 3 is 2.82 bits per heavy atom. The summed E-state index contributed by atoms with van der Waals surface area (Å²) in [5.41, 5.74) is 6.60. The molecule has 3 N–H and O–H groups in total. The number of carbonyl (C=O) groups is 1. The van der Waals surface area contributed by atoms with Crippen molar-refractivity contribution in [3.05, 3.63) is 18.0 Å². The van der Waals surface area contributed by atoms with Gasteiger partial charge in [0.05, 0.1) is 12.2 Å². The molecule has 5 nitrogen and oxygen atoms in total. The van der Waals surface area contributed by atoms with Crippen LogP contribution >= 0.6 is 0 Å². The van der Waals surface area contributed by atoms with Gasteiger partial charge in [-0.05, 0) is 19.4 Å². The first-order valence-corrected chi connectivity index (χ1v) is 6.04. The molecule has 1 rings (SSSR count). The molecule has 0 aliphatic rings. The van der Waals surface area contributed by atoms with Crippen LogP contribution < -0.4 is 11.1 Å². The Morgan fingerprint density at radius 2 is 2.35 bits per heavy atom. The number of aromatic nitrogens is 2. The van der Waals surface area contributed by atoms with E-state index in [2.05, 4.69) is 17.3 Å². The van der Waals surface area contributed by atoms with E-state index in [0.717, 1.165) is 12.0 Å². The lowest BCUT2D eigenvalue weighted by molar-refractivity contribution is -0.122. The molecule has 0 aromatic carbocycles. The van der Waals surface area contributed by atoms with Crippen LogP contribution in [0.1, 0.15) is 38.3 Å². The van der Waals surface area contributed by atoms with Crippen molar-refractivity contribution in [2.24, 2.45) is 18.7 Å². The van der Waals surface area contributed by atoms with Gasteiger partial charge in [-0.2, -0.15) is 5.10 Å². The van der Waals surface area contributed by atoms with Crippen LogP contribution in [0.4, 0.5) is 0 Å². The summed E-state index contributed by atoms with van der Waals surface area (Å²) in [6.45, 7) is 4.57. The molecular formula is C12H22N4O. The fourth-order valence-electron chi connectivity index (χ4n) is 1.70. The highest BCUT2D eigenvalue weighted by Gasteiger charge is 2.14. The predicted molar refractivity (Wildman–Crippen MR) is 67.2 cm³/mol. The second-order valence-corrected chi connectivity index (χ2v) is 4.45. The number of nitrogens with zero attached hydrogens (tertiary/aromatic N) is 2. The van der Waals surface area contributed by atoms with Crippen LogP contribution in [0.25, 0.3) is 0 Å². The minimum Gasteiger partial charge on any atom is -0.349 e. The van der Waals surface area contributed by atoms with Crippen LogP contribution in [0.2, 0.25) is 0 Å². The molecule has 1 heterocycles. The van der Waals surface area contributed by atoms with Crippen LogP contribution in [-0.4, -0.2) is 22.2 Å². The van der Waals surface area contributed by atoms with Crippen molar-refractivity contribution >= 4 is 5.91 Å². The number of carbonyl (C=O) groups excluding carboxylic acids is 1. The lowest BCUT2D eigenvalue weighted by Crippen LogP contribution is -2.30. The monoisotopic (exact) mass is 238 g/mol. The first-order chi connectivity index (χ1) is 8.06. The zero-order valence-corrected chi connectivity index (χ0v) is 10.8. The Balaban J connectivity index is 2.45. The smallest absolute Gasteiger partial charge is 0.220 e. The van der Waals surface area contributed by atoms with Crippen molar-refractivity contribution in [1.29, 1.82) is 0 Å². The van der Waals surface area contributed by atoms with Crippen molar-refractivity contribution in [2.45, 2.75) is 32.7 Å². The van der Waals surface area contributed by atoms with E-state index >= 15 is 0 Å². The number of rotatable bonds is 6. The summed E-state index contributed by atoms with van der Waals surface area (Å²) in [7, 11) is 1.86. The third-order valence-electron chi connectivity index (χ3n) is 2.99. The molecule has 0 radical (unpaired) electrons. The van der Waals surface area contributed by atoms with Gasteiger partial charge in [0.1, 0.15) is 0 Å². The molecule has 0 aliphatic heterocycles. The molecule has 1 amide bonds. The summed E-state index contributed by atoms with van der Waals surface area (Å²) in [6, 6.07) is -0.00789. The van der Waals surface area contributed by atoms with Crippen LogP contribution in [0.3, 0.4) is 0 Å². The summed E-state index contributed by atoms with van der Waals surface area (Å²) in [5.74, 6) is 0.328. The normalized spacial score (nSPS) is 14.4. The fourth-order valence-corrected chi connectivity index (χ4v) is 1.70. The molecule has 1 aromatic heterocycles. The standard InChI is InChI=1S/C12H22N4O/c1-4-10(6-13)5-12(17)15-9(2)11-7-14-16(3)8-11/h7-10H,4-6,13H2,1-3H3,(H,15,17). The lowest BCUT2D eigenvalue weighted by Gasteiger charge is -2.15. The molecule has 1 aromatic rings. The van der Waals surface area contributed by atoms with Crippen molar-refractivity contribution in [3.8, 4) is 0 Å². The molecule has 5 heteroatoms. The van der Waals surface area contributed by atoms with E-state index in [-0.39, 0.29) is 17.9 Å². The number of hydrogen-bond donors (Lipinski definition) is 2. The van der Waals surface area contributed by atoms with Gasteiger partial charge in [0.15, 0.2) is 0 Å². The topological polar surface area (TPSA) is 72.9 Å². The highest BCUT2D eigenvalue weighted by Crippen LogP contribution is 2.12. The second-order valence-electron chi connectivity index (χ2n) is 4.45. The zero-order chi connectivity index (χ0) is 12.8. The van der Waals surface area contributed by atoms with Gasteiger partial charge in [0.2, 0.25) is 5.91 Å². The molecule has 0 saturated carbocycles. The summed E-state index contributed by atoms with van der Waals surface area (Å²) >= 11 is 0.